The molecule has 0 radical (unpaired) electrons. The molecule has 1 saturated carbocycles. The summed E-state index contributed by atoms with van der Waals surface area (Å²) in [7, 11) is 0. The van der Waals surface area contributed by atoms with Crippen molar-refractivity contribution in [2.45, 2.75) is 26.8 Å². The molecule has 0 aromatic heterocycles. The first-order chi connectivity index (χ1) is 9.03. The molecule has 1 aromatic carbocycles. The van der Waals surface area contributed by atoms with Gasteiger partial charge in [0.15, 0.2) is 0 Å². The van der Waals surface area contributed by atoms with E-state index in [1.165, 1.54) is 6.42 Å². The maximum absolute atomic E-state index is 5.56. The lowest BCUT2D eigenvalue weighted by atomic mass is 10.1. The van der Waals surface area contributed by atoms with Crippen LogP contribution in [0.3, 0.4) is 0 Å². The summed E-state index contributed by atoms with van der Waals surface area (Å²) in [5.74, 6) is 4.16. The minimum Gasteiger partial charge on any atom is -0.481 e. The molecule has 1 N–H and O–H groups in total. The summed E-state index contributed by atoms with van der Waals surface area (Å²) in [6.45, 7) is 6.82. The van der Waals surface area contributed by atoms with Crippen LogP contribution in [0.25, 0.3) is 0 Å². The molecule has 1 atom stereocenters. The van der Waals surface area contributed by atoms with Gasteiger partial charge >= 0.3 is 0 Å². The van der Waals surface area contributed by atoms with E-state index < -0.39 is 0 Å². The highest BCUT2D eigenvalue weighted by atomic mass is 79.9. The third-order valence-corrected chi connectivity index (χ3v) is 4.25. The van der Waals surface area contributed by atoms with Gasteiger partial charge in [0, 0.05) is 16.6 Å². The van der Waals surface area contributed by atoms with Crippen molar-refractivity contribution in [3.63, 3.8) is 0 Å². The third-order valence-electron chi connectivity index (χ3n) is 3.76. The zero-order chi connectivity index (χ0) is 13.9. The molecule has 1 fully saturated rings. The van der Waals surface area contributed by atoms with Gasteiger partial charge in [-0.2, -0.15) is 0 Å². The number of halogens is 1. The smallest absolute Gasteiger partial charge is 0.148 e. The highest BCUT2D eigenvalue weighted by molar-refractivity contribution is 9.10. The number of terminal acetylenes is 1. The van der Waals surface area contributed by atoms with E-state index in [0.29, 0.717) is 12.0 Å². The molecular weight excluding hydrogens is 302 g/mol. The molecule has 0 saturated heterocycles. The van der Waals surface area contributed by atoms with Crippen LogP contribution in [-0.4, -0.2) is 13.2 Å². The Kier molecular flexibility index (Phi) is 4.54. The number of benzene rings is 1. The van der Waals surface area contributed by atoms with Crippen LogP contribution in [0.5, 0.6) is 5.75 Å². The van der Waals surface area contributed by atoms with Gasteiger partial charge in [-0.25, -0.2) is 0 Å². The molecule has 102 valence electrons. The largest absolute Gasteiger partial charge is 0.481 e. The van der Waals surface area contributed by atoms with Gasteiger partial charge in [0.05, 0.1) is 0 Å². The fourth-order valence-corrected chi connectivity index (χ4v) is 2.66. The van der Waals surface area contributed by atoms with E-state index in [-0.39, 0.29) is 0 Å². The molecule has 1 unspecified atom stereocenters. The molecular formula is C16H20BrNO. The first kappa shape index (κ1) is 14.4. The first-order valence-electron chi connectivity index (χ1n) is 6.58. The molecule has 0 bridgehead atoms. The topological polar surface area (TPSA) is 21.3 Å². The fraction of sp³-hybridized carbons (Fsp3) is 0.500. The lowest BCUT2D eigenvalue weighted by molar-refractivity contribution is 0.364. The van der Waals surface area contributed by atoms with Crippen LogP contribution in [0.1, 0.15) is 25.8 Å². The van der Waals surface area contributed by atoms with E-state index in [4.69, 9.17) is 11.2 Å². The Morgan fingerprint density at radius 3 is 2.89 bits per heavy atom. The molecule has 0 amide bonds. The lowest BCUT2D eigenvalue weighted by Gasteiger charge is -2.12. The molecule has 0 heterocycles. The van der Waals surface area contributed by atoms with E-state index in [0.717, 1.165) is 34.8 Å². The van der Waals surface area contributed by atoms with Crippen molar-refractivity contribution in [3.8, 4) is 18.1 Å². The normalized spacial score (nSPS) is 19.8. The molecule has 3 heteroatoms. The number of rotatable bonds is 6. The van der Waals surface area contributed by atoms with Gasteiger partial charge in [-0.1, -0.05) is 35.7 Å². The zero-order valence-corrected chi connectivity index (χ0v) is 13.1. The van der Waals surface area contributed by atoms with Gasteiger partial charge in [-0.05, 0) is 42.5 Å². The Balaban J connectivity index is 1.90. The second kappa shape index (κ2) is 5.98. The van der Waals surface area contributed by atoms with E-state index in [2.05, 4.69) is 47.1 Å². The Hall–Kier alpha value is -0.980. The van der Waals surface area contributed by atoms with E-state index in [1.807, 2.05) is 12.1 Å². The predicted octanol–water partition coefficient (Wildman–Crippen LogP) is 3.60. The maximum Gasteiger partial charge on any atom is 0.148 e. The van der Waals surface area contributed by atoms with E-state index >= 15 is 0 Å². The molecule has 19 heavy (non-hydrogen) atoms. The quantitative estimate of drug-likeness (QED) is 0.808. The van der Waals surface area contributed by atoms with Crippen LogP contribution in [0.15, 0.2) is 22.7 Å². The fourth-order valence-electron chi connectivity index (χ4n) is 2.25. The summed E-state index contributed by atoms with van der Waals surface area (Å²) in [6, 6.07) is 6.01. The Morgan fingerprint density at radius 1 is 1.53 bits per heavy atom. The summed E-state index contributed by atoms with van der Waals surface area (Å²) in [5.41, 5.74) is 1.66. The predicted molar refractivity (Wildman–Crippen MR) is 82.1 cm³/mol. The Bertz CT molecular complexity index is 490. The number of hydrogen-bond acceptors (Lipinski definition) is 2. The van der Waals surface area contributed by atoms with Crippen molar-refractivity contribution in [1.29, 1.82) is 0 Å². The molecule has 1 aromatic rings. The minimum absolute atomic E-state index is 0.310. The van der Waals surface area contributed by atoms with Crippen LogP contribution in [-0.2, 0) is 6.54 Å². The summed E-state index contributed by atoms with van der Waals surface area (Å²) < 4.78 is 6.62. The van der Waals surface area contributed by atoms with Gasteiger partial charge in [0.2, 0.25) is 0 Å². The molecule has 0 aliphatic heterocycles. The summed E-state index contributed by atoms with van der Waals surface area (Å²) in [4.78, 5) is 0. The van der Waals surface area contributed by atoms with Gasteiger partial charge in [-0.15, -0.1) is 6.42 Å². The van der Waals surface area contributed by atoms with Crippen molar-refractivity contribution in [1.82, 2.24) is 5.32 Å². The second-order valence-corrected chi connectivity index (χ2v) is 6.68. The highest BCUT2D eigenvalue weighted by Gasteiger charge is 2.44. The number of hydrogen-bond donors (Lipinski definition) is 1. The summed E-state index contributed by atoms with van der Waals surface area (Å²) in [5, 5.41) is 3.51. The summed E-state index contributed by atoms with van der Waals surface area (Å²) in [6.07, 6.45) is 6.55. The lowest BCUT2D eigenvalue weighted by Crippen LogP contribution is -2.18. The standard InChI is InChI=1S/C16H20BrNO/c1-4-7-19-15-6-5-14(17)8-12(15)10-18-11-13-9-16(13,2)3/h1,5-6,8,13,18H,7,9-11H2,2-3H3. The first-order valence-corrected chi connectivity index (χ1v) is 7.37. The second-order valence-electron chi connectivity index (χ2n) is 5.77. The molecule has 2 nitrogen and oxygen atoms in total. The van der Waals surface area contributed by atoms with Crippen LogP contribution in [0, 0.1) is 23.7 Å². The van der Waals surface area contributed by atoms with Gasteiger partial charge < -0.3 is 10.1 Å². The number of nitrogens with one attached hydrogen (secondary N) is 1. The number of ether oxygens (including phenoxy) is 1. The van der Waals surface area contributed by atoms with Gasteiger partial charge in [-0.3, -0.25) is 0 Å². The van der Waals surface area contributed by atoms with Crippen molar-refractivity contribution in [2.24, 2.45) is 11.3 Å². The Labute approximate surface area is 124 Å². The SMILES string of the molecule is C#CCOc1ccc(Br)cc1CNCC1CC1(C)C. The van der Waals surface area contributed by atoms with Crippen LogP contribution in [0.4, 0.5) is 0 Å². The van der Waals surface area contributed by atoms with Gasteiger partial charge in [0.25, 0.3) is 0 Å². The average Bonchev–Trinajstić information content (AvgIpc) is 2.96. The van der Waals surface area contributed by atoms with Crippen LogP contribution in [0.2, 0.25) is 0 Å². The highest BCUT2D eigenvalue weighted by Crippen LogP contribution is 2.51. The maximum atomic E-state index is 5.56. The monoisotopic (exact) mass is 321 g/mol. The van der Waals surface area contributed by atoms with Crippen molar-refractivity contribution >= 4 is 15.9 Å². The van der Waals surface area contributed by atoms with Crippen LogP contribution >= 0.6 is 15.9 Å². The third kappa shape index (κ3) is 3.99. The summed E-state index contributed by atoms with van der Waals surface area (Å²) >= 11 is 3.49. The van der Waals surface area contributed by atoms with Crippen LogP contribution < -0.4 is 10.1 Å². The van der Waals surface area contributed by atoms with Crippen molar-refractivity contribution in [2.75, 3.05) is 13.2 Å². The molecule has 2 rings (SSSR count). The zero-order valence-electron chi connectivity index (χ0n) is 11.5. The molecule has 1 aliphatic carbocycles. The van der Waals surface area contributed by atoms with E-state index in [1.54, 1.807) is 0 Å². The van der Waals surface area contributed by atoms with Crippen molar-refractivity contribution in [3.05, 3.63) is 28.2 Å². The Morgan fingerprint density at radius 2 is 2.26 bits per heavy atom. The van der Waals surface area contributed by atoms with Gasteiger partial charge in [0.1, 0.15) is 12.4 Å². The average molecular weight is 322 g/mol. The van der Waals surface area contributed by atoms with Crippen molar-refractivity contribution < 1.29 is 4.74 Å². The molecule has 1 aliphatic rings. The minimum atomic E-state index is 0.310. The van der Waals surface area contributed by atoms with E-state index in [9.17, 15) is 0 Å². The molecule has 0 spiro atoms.